The van der Waals surface area contributed by atoms with Gasteiger partial charge in [-0.2, -0.15) is 4.98 Å². The lowest BCUT2D eigenvalue weighted by Crippen LogP contribution is -2.29. The van der Waals surface area contributed by atoms with Crippen LogP contribution in [0.25, 0.3) is 0 Å². The van der Waals surface area contributed by atoms with Crippen molar-refractivity contribution in [3.8, 4) is 0 Å². The van der Waals surface area contributed by atoms with Gasteiger partial charge in [0.05, 0.1) is 6.20 Å². The zero-order chi connectivity index (χ0) is 13.0. The number of aromatic nitrogens is 2. The fourth-order valence-electron chi connectivity index (χ4n) is 2.42. The van der Waals surface area contributed by atoms with Crippen LogP contribution in [0.2, 0.25) is 5.02 Å². The van der Waals surface area contributed by atoms with Crippen LogP contribution in [0.1, 0.15) is 39.5 Å². The average molecular weight is 269 g/mol. The predicted molar refractivity (Wildman–Crippen MR) is 76.5 cm³/mol. The Morgan fingerprint density at radius 2 is 2.33 bits per heavy atom. The van der Waals surface area contributed by atoms with Crippen molar-refractivity contribution in [1.29, 1.82) is 0 Å². The van der Waals surface area contributed by atoms with Crippen LogP contribution in [0.5, 0.6) is 0 Å². The average Bonchev–Trinajstić information content (AvgIpc) is 2.86. The fourth-order valence-corrected chi connectivity index (χ4v) is 2.62. The van der Waals surface area contributed by atoms with Crippen molar-refractivity contribution in [2.24, 2.45) is 0 Å². The third kappa shape index (κ3) is 2.86. The van der Waals surface area contributed by atoms with Crippen LogP contribution in [-0.2, 0) is 0 Å². The van der Waals surface area contributed by atoms with Gasteiger partial charge in [-0.3, -0.25) is 0 Å². The molecule has 100 valence electrons. The van der Waals surface area contributed by atoms with E-state index in [0.29, 0.717) is 17.0 Å². The second kappa shape index (κ2) is 6.23. The first-order chi connectivity index (χ1) is 8.76. The van der Waals surface area contributed by atoms with Crippen molar-refractivity contribution >= 4 is 23.4 Å². The predicted octanol–water partition coefficient (Wildman–Crippen LogP) is 3.33. The normalized spacial score (nSPS) is 19.3. The first-order valence-corrected chi connectivity index (χ1v) is 7.17. The number of rotatable bonds is 5. The van der Waals surface area contributed by atoms with Gasteiger partial charge in [-0.15, -0.1) is 0 Å². The Bertz CT molecular complexity index is 397. The van der Waals surface area contributed by atoms with Gasteiger partial charge in [0, 0.05) is 19.1 Å². The van der Waals surface area contributed by atoms with Gasteiger partial charge in [0.1, 0.15) is 5.02 Å². The van der Waals surface area contributed by atoms with Crippen molar-refractivity contribution in [1.82, 2.24) is 9.97 Å². The number of halogens is 1. The minimum atomic E-state index is 0.566. The van der Waals surface area contributed by atoms with Crippen LogP contribution in [0, 0.1) is 0 Å². The molecule has 0 spiro atoms. The molecular weight excluding hydrogens is 248 g/mol. The van der Waals surface area contributed by atoms with Crippen molar-refractivity contribution in [3.63, 3.8) is 0 Å². The molecule has 1 fully saturated rings. The van der Waals surface area contributed by atoms with E-state index in [1.807, 2.05) is 0 Å². The number of hydrogen-bond acceptors (Lipinski definition) is 4. The van der Waals surface area contributed by atoms with Crippen molar-refractivity contribution in [2.45, 2.75) is 45.6 Å². The summed E-state index contributed by atoms with van der Waals surface area (Å²) in [5, 5.41) is 3.86. The highest BCUT2D eigenvalue weighted by atomic mass is 35.5. The molecule has 0 amide bonds. The molecule has 1 N–H and O–H groups in total. The van der Waals surface area contributed by atoms with Crippen LogP contribution in [0.3, 0.4) is 0 Å². The Morgan fingerprint density at radius 1 is 1.50 bits per heavy atom. The van der Waals surface area contributed by atoms with E-state index >= 15 is 0 Å². The second-order valence-electron chi connectivity index (χ2n) is 4.69. The molecule has 0 radical (unpaired) electrons. The van der Waals surface area contributed by atoms with Gasteiger partial charge in [0.2, 0.25) is 5.95 Å². The van der Waals surface area contributed by atoms with Gasteiger partial charge in [0.25, 0.3) is 0 Å². The maximum atomic E-state index is 6.24. The van der Waals surface area contributed by atoms with Gasteiger partial charge in [-0.1, -0.05) is 25.4 Å². The van der Waals surface area contributed by atoms with Crippen molar-refractivity contribution < 1.29 is 0 Å². The summed E-state index contributed by atoms with van der Waals surface area (Å²) < 4.78 is 0. The molecule has 1 atom stereocenters. The van der Waals surface area contributed by atoms with Crippen LogP contribution < -0.4 is 10.2 Å². The highest BCUT2D eigenvalue weighted by Gasteiger charge is 2.26. The lowest BCUT2D eigenvalue weighted by molar-refractivity contribution is 0.640. The number of nitrogens with zero attached hydrogens (tertiary/aromatic N) is 3. The summed E-state index contributed by atoms with van der Waals surface area (Å²) in [5.41, 5.74) is 0. The molecule has 18 heavy (non-hydrogen) atoms. The van der Waals surface area contributed by atoms with E-state index in [-0.39, 0.29) is 0 Å². The fraction of sp³-hybridized carbons (Fsp3) is 0.692. The molecular formula is C13H21ClN4. The van der Waals surface area contributed by atoms with Crippen molar-refractivity contribution in [3.05, 3.63) is 11.2 Å². The molecule has 5 heteroatoms. The Balaban J connectivity index is 2.20. The van der Waals surface area contributed by atoms with E-state index in [4.69, 9.17) is 11.6 Å². The second-order valence-corrected chi connectivity index (χ2v) is 5.10. The molecule has 1 aliphatic heterocycles. The topological polar surface area (TPSA) is 41.1 Å². The summed E-state index contributed by atoms with van der Waals surface area (Å²) in [6.07, 6.45) is 6.35. The summed E-state index contributed by atoms with van der Waals surface area (Å²) in [7, 11) is 0. The van der Waals surface area contributed by atoms with E-state index in [0.717, 1.165) is 31.7 Å². The van der Waals surface area contributed by atoms with Gasteiger partial charge in [-0.05, 0) is 25.7 Å². The van der Waals surface area contributed by atoms with Gasteiger partial charge >= 0.3 is 0 Å². The number of nitrogens with one attached hydrogen (secondary N) is 1. The van der Waals surface area contributed by atoms with Crippen LogP contribution in [-0.4, -0.2) is 29.1 Å². The van der Waals surface area contributed by atoms with Crippen LogP contribution in [0.4, 0.5) is 11.8 Å². The summed E-state index contributed by atoms with van der Waals surface area (Å²) in [5.74, 6) is 1.56. The third-order valence-corrected chi connectivity index (χ3v) is 3.65. The molecule has 0 bridgehead atoms. The number of anilines is 2. The first-order valence-electron chi connectivity index (χ1n) is 6.79. The molecule has 2 heterocycles. The maximum absolute atomic E-state index is 6.24. The molecule has 1 saturated heterocycles. The highest BCUT2D eigenvalue weighted by Crippen LogP contribution is 2.31. The van der Waals surface area contributed by atoms with Crippen LogP contribution >= 0.6 is 11.6 Å². The Kier molecular flexibility index (Phi) is 4.64. The maximum Gasteiger partial charge on any atom is 0.224 e. The Morgan fingerprint density at radius 3 is 3.06 bits per heavy atom. The summed E-state index contributed by atoms with van der Waals surface area (Å²) in [6, 6.07) is 0.566. The Labute approximate surface area is 114 Å². The lowest BCUT2D eigenvalue weighted by atomic mass is 10.2. The molecule has 0 aliphatic carbocycles. The summed E-state index contributed by atoms with van der Waals surface area (Å²) in [4.78, 5) is 11.1. The molecule has 0 saturated carbocycles. The molecule has 1 aromatic heterocycles. The van der Waals surface area contributed by atoms with Gasteiger partial charge < -0.3 is 10.2 Å². The van der Waals surface area contributed by atoms with Crippen molar-refractivity contribution in [2.75, 3.05) is 23.3 Å². The smallest absolute Gasteiger partial charge is 0.224 e. The van der Waals surface area contributed by atoms with E-state index in [1.54, 1.807) is 6.20 Å². The molecule has 1 unspecified atom stereocenters. The van der Waals surface area contributed by atoms with E-state index in [9.17, 15) is 0 Å². The minimum absolute atomic E-state index is 0.566. The molecule has 2 rings (SSSR count). The zero-order valence-corrected chi connectivity index (χ0v) is 11.9. The molecule has 4 nitrogen and oxygen atoms in total. The van der Waals surface area contributed by atoms with Gasteiger partial charge in [0.15, 0.2) is 5.82 Å². The molecule has 0 aromatic carbocycles. The summed E-state index contributed by atoms with van der Waals surface area (Å²) >= 11 is 6.24. The third-order valence-electron chi connectivity index (χ3n) is 3.38. The Hall–Kier alpha value is -1.03. The monoisotopic (exact) mass is 268 g/mol. The SMILES string of the molecule is CCCNc1ncc(Cl)c(N2CCCC2CC)n1. The molecule has 1 aromatic rings. The van der Waals surface area contributed by atoms with E-state index < -0.39 is 0 Å². The first kappa shape index (κ1) is 13.4. The standard InChI is InChI=1S/C13H21ClN4/c1-3-7-15-13-16-9-11(14)12(17-13)18-8-5-6-10(18)4-2/h9-10H,3-8H2,1-2H3,(H,15,16,17). The summed E-state index contributed by atoms with van der Waals surface area (Å²) in [6.45, 7) is 6.27. The molecule has 1 aliphatic rings. The highest BCUT2D eigenvalue weighted by molar-refractivity contribution is 6.32. The zero-order valence-electron chi connectivity index (χ0n) is 11.1. The quantitative estimate of drug-likeness (QED) is 0.889. The number of hydrogen-bond donors (Lipinski definition) is 1. The largest absolute Gasteiger partial charge is 0.354 e. The van der Waals surface area contributed by atoms with E-state index in [1.165, 1.54) is 12.8 Å². The van der Waals surface area contributed by atoms with Gasteiger partial charge in [-0.25, -0.2) is 4.98 Å². The minimum Gasteiger partial charge on any atom is -0.354 e. The van der Waals surface area contributed by atoms with Crippen LogP contribution in [0.15, 0.2) is 6.20 Å². The lowest BCUT2D eigenvalue weighted by Gasteiger charge is -2.25. The van der Waals surface area contributed by atoms with E-state index in [2.05, 4.69) is 34.0 Å².